The zero-order chi connectivity index (χ0) is 14.5. The van der Waals surface area contributed by atoms with Crippen molar-refractivity contribution in [3.8, 4) is 0 Å². The first-order valence-corrected chi connectivity index (χ1v) is 8.80. The Balaban J connectivity index is 1.61. The van der Waals surface area contributed by atoms with Crippen molar-refractivity contribution in [2.45, 2.75) is 51.5 Å². The van der Waals surface area contributed by atoms with Crippen LogP contribution in [0.3, 0.4) is 0 Å². The third-order valence-electron chi connectivity index (χ3n) is 4.25. The average Bonchev–Trinajstić information content (AvgIpc) is 3.21. The van der Waals surface area contributed by atoms with Crippen LogP contribution >= 0.6 is 11.3 Å². The lowest BCUT2D eigenvalue weighted by Gasteiger charge is -2.22. The summed E-state index contributed by atoms with van der Waals surface area (Å²) in [5.74, 6) is 2.34. The summed E-state index contributed by atoms with van der Waals surface area (Å²) < 4.78 is 5.45. The zero-order valence-electron chi connectivity index (χ0n) is 12.5. The second-order valence-electron chi connectivity index (χ2n) is 5.77. The van der Waals surface area contributed by atoms with Crippen molar-refractivity contribution in [1.82, 2.24) is 15.5 Å². The largest absolute Gasteiger partial charge is 0.339 e. The first-order chi connectivity index (χ1) is 10.3. The van der Waals surface area contributed by atoms with Crippen LogP contribution in [0.5, 0.6) is 0 Å². The smallest absolute Gasteiger partial charge is 0.228 e. The van der Waals surface area contributed by atoms with Gasteiger partial charge in [-0.2, -0.15) is 4.98 Å². The number of thiophene rings is 1. The molecule has 0 aromatic carbocycles. The van der Waals surface area contributed by atoms with E-state index >= 15 is 0 Å². The van der Waals surface area contributed by atoms with E-state index in [0.717, 1.165) is 37.0 Å². The SMILES string of the molecule is CCNC(Cc1nc(Cc2cccs2)no1)C1CCCC1. The molecule has 0 amide bonds. The van der Waals surface area contributed by atoms with Crippen molar-refractivity contribution in [1.29, 1.82) is 0 Å². The first-order valence-electron chi connectivity index (χ1n) is 7.92. The second-order valence-corrected chi connectivity index (χ2v) is 6.81. The molecule has 0 aliphatic heterocycles. The molecule has 21 heavy (non-hydrogen) atoms. The van der Waals surface area contributed by atoms with Crippen molar-refractivity contribution in [2.24, 2.45) is 5.92 Å². The summed E-state index contributed by atoms with van der Waals surface area (Å²) in [6.07, 6.45) is 7.01. The topological polar surface area (TPSA) is 51.0 Å². The predicted molar refractivity (Wildman–Crippen MR) is 84.5 cm³/mol. The Hall–Kier alpha value is -1.20. The second kappa shape index (κ2) is 7.18. The van der Waals surface area contributed by atoms with E-state index in [9.17, 15) is 0 Å². The Bertz CT molecular complexity index is 531. The molecule has 5 heteroatoms. The molecule has 0 radical (unpaired) electrons. The van der Waals surface area contributed by atoms with Crippen LogP contribution in [0, 0.1) is 5.92 Å². The molecule has 1 aliphatic rings. The van der Waals surface area contributed by atoms with Gasteiger partial charge in [-0.1, -0.05) is 31.0 Å². The summed E-state index contributed by atoms with van der Waals surface area (Å²) in [4.78, 5) is 5.85. The maximum absolute atomic E-state index is 5.45. The van der Waals surface area contributed by atoms with E-state index in [1.54, 1.807) is 11.3 Å². The van der Waals surface area contributed by atoms with Crippen LogP contribution in [0.2, 0.25) is 0 Å². The molecule has 2 heterocycles. The Morgan fingerprint density at radius 2 is 2.29 bits per heavy atom. The van der Waals surface area contributed by atoms with Crippen LogP contribution < -0.4 is 5.32 Å². The molecule has 4 nitrogen and oxygen atoms in total. The molecule has 1 atom stereocenters. The lowest BCUT2D eigenvalue weighted by Crippen LogP contribution is -2.37. The third-order valence-corrected chi connectivity index (χ3v) is 5.13. The molecule has 0 saturated heterocycles. The molecule has 1 N–H and O–H groups in total. The van der Waals surface area contributed by atoms with Gasteiger partial charge in [0.1, 0.15) is 0 Å². The van der Waals surface area contributed by atoms with Crippen LogP contribution in [0.15, 0.2) is 22.0 Å². The van der Waals surface area contributed by atoms with Gasteiger partial charge in [-0.3, -0.25) is 0 Å². The Morgan fingerprint density at radius 3 is 3.00 bits per heavy atom. The van der Waals surface area contributed by atoms with E-state index in [2.05, 4.69) is 39.9 Å². The number of hydrogen-bond donors (Lipinski definition) is 1. The maximum atomic E-state index is 5.45. The van der Waals surface area contributed by atoms with E-state index in [1.807, 2.05) is 0 Å². The van der Waals surface area contributed by atoms with Crippen molar-refractivity contribution in [3.05, 3.63) is 34.1 Å². The summed E-state index contributed by atoms with van der Waals surface area (Å²) in [6.45, 7) is 3.16. The summed E-state index contributed by atoms with van der Waals surface area (Å²) in [5.41, 5.74) is 0. The van der Waals surface area contributed by atoms with Crippen LogP contribution in [0.1, 0.15) is 49.2 Å². The van der Waals surface area contributed by atoms with E-state index in [4.69, 9.17) is 4.52 Å². The average molecular weight is 305 g/mol. The minimum atomic E-state index is 0.479. The quantitative estimate of drug-likeness (QED) is 0.851. The fraction of sp³-hybridized carbons (Fsp3) is 0.625. The highest BCUT2D eigenvalue weighted by molar-refractivity contribution is 7.09. The van der Waals surface area contributed by atoms with Crippen molar-refractivity contribution >= 4 is 11.3 Å². The van der Waals surface area contributed by atoms with E-state index in [1.165, 1.54) is 30.6 Å². The van der Waals surface area contributed by atoms with Crippen molar-refractivity contribution < 1.29 is 4.52 Å². The Morgan fingerprint density at radius 1 is 1.43 bits per heavy atom. The van der Waals surface area contributed by atoms with Crippen molar-refractivity contribution in [2.75, 3.05) is 6.54 Å². The number of nitrogens with zero attached hydrogens (tertiary/aromatic N) is 2. The monoisotopic (exact) mass is 305 g/mol. The summed E-state index contributed by atoms with van der Waals surface area (Å²) >= 11 is 1.74. The lowest BCUT2D eigenvalue weighted by molar-refractivity contribution is 0.310. The highest BCUT2D eigenvalue weighted by atomic mass is 32.1. The molecule has 1 saturated carbocycles. The molecule has 1 aliphatic carbocycles. The van der Waals surface area contributed by atoms with E-state index in [-0.39, 0.29) is 0 Å². The van der Waals surface area contributed by atoms with Gasteiger partial charge in [0, 0.05) is 23.8 Å². The zero-order valence-corrected chi connectivity index (χ0v) is 13.4. The Labute approximate surface area is 130 Å². The highest BCUT2D eigenvalue weighted by Gasteiger charge is 2.26. The molecular weight excluding hydrogens is 282 g/mol. The number of hydrogen-bond acceptors (Lipinski definition) is 5. The third kappa shape index (κ3) is 3.92. The van der Waals surface area contributed by atoms with Gasteiger partial charge in [-0.25, -0.2) is 0 Å². The minimum Gasteiger partial charge on any atom is -0.339 e. The van der Waals surface area contributed by atoms with E-state index < -0.39 is 0 Å². The molecule has 1 unspecified atom stereocenters. The maximum Gasteiger partial charge on any atom is 0.228 e. The van der Waals surface area contributed by atoms with Gasteiger partial charge < -0.3 is 9.84 Å². The van der Waals surface area contributed by atoms with Crippen LogP contribution in [-0.4, -0.2) is 22.7 Å². The predicted octanol–water partition coefficient (Wildman–Crippen LogP) is 3.43. The van der Waals surface area contributed by atoms with Gasteiger partial charge in [-0.15, -0.1) is 11.3 Å². The number of likely N-dealkylation sites (N-methyl/N-ethyl adjacent to an activating group) is 1. The molecule has 0 spiro atoms. The normalized spacial score (nSPS) is 17.4. The van der Waals surface area contributed by atoms with Gasteiger partial charge >= 0.3 is 0 Å². The fourth-order valence-electron chi connectivity index (χ4n) is 3.23. The van der Waals surface area contributed by atoms with Crippen LogP contribution in [0.25, 0.3) is 0 Å². The van der Waals surface area contributed by atoms with Crippen LogP contribution in [0.4, 0.5) is 0 Å². The Kier molecular flexibility index (Phi) is 5.04. The molecule has 2 aromatic heterocycles. The van der Waals surface area contributed by atoms with Crippen LogP contribution in [-0.2, 0) is 12.8 Å². The molecule has 114 valence electrons. The summed E-state index contributed by atoms with van der Waals surface area (Å²) in [5, 5.41) is 9.81. The standard InChI is InChI=1S/C16H23N3OS/c1-2-17-14(12-6-3-4-7-12)11-16-18-15(19-20-16)10-13-8-5-9-21-13/h5,8-9,12,14,17H,2-4,6-7,10-11H2,1H3. The lowest BCUT2D eigenvalue weighted by atomic mass is 9.95. The summed E-state index contributed by atoms with van der Waals surface area (Å²) in [7, 11) is 0. The number of nitrogens with one attached hydrogen (secondary N) is 1. The van der Waals surface area contributed by atoms with Gasteiger partial charge in [0.15, 0.2) is 5.82 Å². The molecule has 1 fully saturated rings. The van der Waals surface area contributed by atoms with Gasteiger partial charge in [0.2, 0.25) is 5.89 Å². The van der Waals surface area contributed by atoms with Gasteiger partial charge in [-0.05, 0) is 36.8 Å². The highest BCUT2D eigenvalue weighted by Crippen LogP contribution is 2.29. The van der Waals surface area contributed by atoms with Gasteiger partial charge in [0.25, 0.3) is 0 Å². The number of rotatable bonds is 7. The van der Waals surface area contributed by atoms with Crippen molar-refractivity contribution in [3.63, 3.8) is 0 Å². The van der Waals surface area contributed by atoms with Gasteiger partial charge in [0.05, 0.1) is 0 Å². The molecule has 3 rings (SSSR count). The number of aromatic nitrogens is 2. The molecular formula is C16H23N3OS. The molecule has 2 aromatic rings. The molecule has 0 bridgehead atoms. The fourth-order valence-corrected chi connectivity index (χ4v) is 3.93. The van der Waals surface area contributed by atoms with E-state index in [0.29, 0.717) is 6.04 Å². The summed E-state index contributed by atoms with van der Waals surface area (Å²) in [6, 6.07) is 4.65. The first kappa shape index (κ1) is 14.7. The minimum absolute atomic E-state index is 0.479.